The summed E-state index contributed by atoms with van der Waals surface area (Å²) in [4.78, 5) is 27.5. The molecule has 0 radical (unpaired) electrons. The van der Waals surface area contributed by atoms with E-state index in [1.165, 1.54) is 42.9 Å². The second kappa shape index (κ2) is 8.17. The lowest BCUT2D eigenvalue weighted by molar-refractivity contribution is -0.122. The van der Waals surface area contributed by atoms with E-state index >= 15 is 0 Å². The number of carbonyl (C=O) groups is 2. The third-order valence-corrected chi connectivity index (χ3v) is 7.71. The van der Waals surface area contributed by atoms with Crippen molar-refractivity contribution in [1.82, 2.24) is 4.31 Å². The van der Waals surface area contributed by atoms with E-state index in [-0.39, 0.29) is 23.1 Å². The number of sulfonamides is 1. The summed E-state index contributed by atoms with van der Waals surface area (Å²) in [7, 11) is 0.914. The van der Waals surface area contributed by atoms with E-state index in [4.69, 9.17) is 0 Å². The van der Waals surface area contributed by atoms with Gasteiger partial charge in [-0.15, -0.1) is 11.8 Å². The van der Waals surface area contributed by atoms with Gasteiger partial charge in [0.15, 0.2) is 0 Å². The number of thioether (sulfide) groups is 1. The molecule has 1 heterocycles. The summed E-state index contributed by atoms with van der Waals surface area (Å²) < 4.78 is 25.9. The fourth-order valence-electron chi connectivity index (χ4n) is 2.91. The predicted molar refractivity (Wildman–Crippen MR) is 115 cm³/mol. The SMILES string of the molecule is Cc1ccc(NC(=O)C[C@H]2Sc3ccc(S(=O)(=O)N(C)C)cc3N(C)C2=O)cc1. The van der Waals surface area contributed by atoms with Crippen LogP contribution in [0.15, 0.2) is 52.3 Å². The molecule has 7 nitrogen and oxygen atoms in total. The lowest BCUT2D eigenvalue weighted by atomic mass is 10.2. The summed E-state index contributed by atoms with van der Waals surface area (Å²) in [6, 6.07) is 12.1. The first-order valence-corrected chi connectivity index (χ1v) is 11.3. The van der Waals surface area contributed by atoms with E-state index in [0.717, 1.165) is 14.8 Å². The second-order valence-electron chi connectivity index (χ2n) is 7.04. The Kier molecular flexibility index (Phi) is 6.02. The highest BCUT2D eigenvalue weighted by molar-refractivity contribution is 8.01. The lowest BCUT2D eigenvalue weighted by Crippen LogP contribution is -2.40. The summed E-state index contributed by atoms with van der Waals surface area (Å²) >= 11 is 1.28. The predicted octanol–water partition coefficient (Wildman–Crippen LogP) is 2.71. The number of hydrogen-bond donors (Lipinski definition) is 1. The van der Waals surface area contributed by atoms with Crippen molar-refractivity contribution in [3.05, 3.63) is 48.0 Å². The van der Waals surface area contributed by atoms with Gasteiger partial charge in [-0.2, -0.15) is 0 Å². The molecule has 29 heavy (non-hydrogen) atoms. The monoisotopic (exact) mass is 433 g/mol. The maximum atomic E-state index is 12.8. The Labute approximate surface area is 175 Å². The molecule has 2 aromatic carbocycles. The maximum Gasteiger partial charge on any atom is 0.242 e. The van der Waals surface area contributed by atoms with Crippen molar-refractivity contribution in [1.29, 1.82) is 0 Å². The molecule has 2 amide bonds. The molecular weight excluding hydrogens is 410 g/mol. The highest BCUT2D eigenvalue weighted by Gasteiger charge is 2.34. The van der Waals surface area contributed by atoms with Crippen LogP contribution >= 0.6 is 11.8 Å². The standard InChI is InChI=1S/C20H23N3O4S2/c1-13-5-7-14(8-6-13)21-19(24)12-18-20(25)23(4)16-11-15(9-10-17(16)28-18)29(26,27)22(2)3/h5-11,18H,12H2,1-4H3,(H,21,24)/t18-/m1/s1. The number of hydrogen-bond acceptors (Lipinski definition) is 5. The van der Waals surface area contributed by atoms with Gasteiger partial charge in [-0.25, -0.2) is 12.7 Å². The van der Waals surface area contributed by atoms with Gasteiger partial charge in [-0.05, 0) is 37.3 Å². The zero-order valence-electron chi connectivity index (χ0n) is 16.7. The fourth-order valence-corrected chi connectivity index (χ4v) is 5.10. The molecule has 0 spiro atoms. The second-order valence-corrected chi connectivity index (χ2v) is 10.4. The molecule has 0 saturated carbocycles. The van der Waals surface area contributed by atoms with E-state index in [0.29, 0.717) is 11.4 Å². The molecule has 1 atom stereocenters. The van der Waals surface area contributed by atoms with Crippen LogP contribution in [0.2, 0.25) is 0 Å². The molecule has 154 valence electrons. The van der Waals surface area contributed by atoms with Gasteiger partial charge in [0, 0.05) is 38.1 Å². The van der Waals surface area contributed by atoms with Crippen LogP contribution in [-0.4, -0.2) is 50.9 Å². The Morgan fingerprint density at radius 2 is 1.83 bits per heavy atom. The summed E-state index contributed by atoms with van der Waals surface area (Å²) in [6.45, 7) is 1.96. The molecule has 0 aliphatic carbocycles. The van der Waals surface area contributed by atoms with E-state index in [2.05, 4.69) is 5.32 Å². The van der Waals surface area contributed by atoms with Crippen LogP contribution in [-0.2, 0) is 19.6 Å². The molecule has 2 aromatic rings. The van der Waals surface area contributed by atoms with Crippen LogP contribution in [0.4, 0.5) is 11.4 Å². The average Bonchev–Trinajstić information content (AvgIpc) is 2.67. The minimum absolute atomic E-state index is 0.0267. The van der Waals surface area contributed by atoms with Crippen molar-refractivity contribution in [2.24, 2.45) is 0 Å². The topological polar surface area (TPSA) is 86.8 Å². The number of amides is 2. The van der Waals surface area contributed by atoms with Gasteiger partial charge in [-0.1, -0.05) is 17.7 Å². The summed E-state index contributed by atoms with van der Waals surface area (Å²) in [6.07, 6.45) is 0.0267. The van der Waals surface area contributed by atoms with Crippen LogP contribution in [0, 0.1) is 6.92 Å². The minimum atomic E-state index is -3.60. The van der Waals surface area contributed by atoms with Crippen molar-refractivity contribution in [3.8, 4) is 0 Å². The van der Waals surface area contributed by atoms with Gasteiger partial charge in [0.1, 0.15) is 0 Å². The molecule has 1 aliphatic rings. The maximum absolute atomic E-state index is 12.8. The number of benzene rings is 2. The Hall–Kier alpha value is -2.36. The Morgan fingerprint density at radius 3 is 2.45 bits per heavy atom. The number of carbonyl (C=O) groups excluding carboxylic acids is 2. The molecule has 0 fully saturated rings. The van der Waals surface area contributed by atoms with Crippen molar-refractivity contribution < 1.29 is 18.0 Å². The minimum Gasteiger partial charge on any atom is -0.326 e. The number of rotatable bonds is 5. The molecule has 3 rings (SSSR count). The van der Waals surface area contributed by atoms with Crippen LogP contribution < -0.4 is 10.2 Å². The van der Waals surface area contributed by atoms with Crippen LogP contribution in [0.3, 0.4) is 0 Å². The molecule has 0 bridgehead atoms. The van der Waals surface area contributed by atoms with Crippen molar-refractivity contribution in [2.45, 2.75) is 28.4 Å². The van der Waals surface area contributed by atoms with Crippen molar-refractivity contribution in [3.63, 3.8) is 0 Å². The van der Waals surface area contributed by atoms with Crippen LogP contribution in [0.1, 0.15) is 12.0 Å². The number of aryl methyl sites for hydroxylation is 1. The summed E-state index contributed by atoms with van der Waals surface area (Å²) in [5.74, 6) is -0.482. The van der Waals surface area contributed by atoms with Gasteiger partial charge >= 0.3 is 0 Å². The van der Waals surface area contributed by atoms with E-state index < -0.39 is 15.3 Å². The van der Waals surface area contributed by atoms with E-state index in [1.807, 2.05) is 31.2 Å². The Balaban J connectivity index is 1.78. The van der Waals surface area contributed by atoms with Crippen LogP contribution in [0.25, 0.3) is 0 Å². The number of nitrogens with zero attached hydrogens (tertiary/aromatic N) is 2. The number of fused-ring (bicyclic) bond motifs is 1. The molecule has 1 N–H and O–H groups in total. The number of anilines is 2. The first-order chi connectivity index (χ1) is 13.6. The average molecular weight is 434 g/mol. The summed E-state index contributed by atoms with van der Waals surface area (Å²) in [5.41, 5.74) is 2.30. The van der Waals surface area contributed by atoms with E-state index in [9.17, 15) is 18.0 Å². The molecule has 1 aliphatic heterocycles. The molecule has 0 aromatic heterocycles. The largest absolute Gasteiger partial charge is 0.326 e. The molecular formula is C20H23N3O4S2. The molecule has 9 heteroatoms. The highest BCUT2D eigenvalue weighted by atomic mass is 32.2. The van der Waals surface area contributed by atoms with Crippen molar-refractivity contribution >= 4 is 45.0 Å². The normalized spacial score (nSPS) is 16.7. The first kappa shape index (κ1) is 21.4. The zero-order chi connectivity index (χ0) is 21.3. The Bertz CT molecular complexity index is 1050. The van der Waals surface area contributed by atoms with Gasteiger partial charge in [0.05, 0.1) is 15.8 Å². The zero-order valence-corrected chi connectivity index (χ0v) is 18.3. The summed E-state index contributed by atoms with van der Waals surface area (Å²) in [5, 5.41) is 2.23. The van der Waals surface area contributed by atoms with Gasteiger partial charge < -0.3 is 10.2 Å². The third kappa shape index (κ3) is 4.47. The van der Waals surface area contributed by atoms with Crippen LogP contribution in [0.5, 0.6) is 0 Å². The lowest BCUT2D eigenvalue weighted by Gasteiger charge is -2.31. The highest BCUT2D eigenvalue weighted by Crippen LogP contribution is 2.41. The van der Waals surface area contributed by atoms with Gasteiger partial charge in [-0.3, -0.25) is 9.59 Å². The first-order valence-electron chi connectivity index (χ1n) is 8.97. The van der Waals surface area contributed by atoms with Gasteiger partial charge in [0.2, 0.25) is 21.8 Å². The fraction of sp³-hybridized carbons (Fsp3) is 0.300. The quantitative estimate of drug-likeness (QED) is 0.784. The smallest absolute Gasteiger partial charge is 0.242 e. The molecule has 0 unspecified atom stereocenters. The molecule has 0 saturated heterocycles. The third-order valence-electron chi connectivity index (χ3n) is 4.65. The van der Waals surface area contributed by atoms with E-state index in [1.54, 1.807) is 13.1 Å². The van der Waals surface area contributed by atoms with Gasteiger partial charge in [0.25, 0.3) is 0 Å². The Morgan fingerprint density at radius 1 is 1.17 bits per heavy atom. The van der Waals surface area contributed by atoms with Crippen molar-refractivity contribution in [2.75, 3.05) is 31.4 Å². The number of nitrogens with one attached hydrogen (secondary N) is 1.